The molecule has 0 saturated heterocycles. The maximum atomic E-state index is 12.0. The van der Waals surface area contributed by atoms with Crippen molar-refractivity contribution in [2.24, 2.45) is 7.05 Å². The van der Waals surface area contributed by atoms with Gasteiger partial charge in [-0.1, -0.05) is 0 Å². The molecule has 2 atom stereocenters. The van der Waals surface area contributed by atoms with Gasteiger partial charge in [0.1, 0.15) is 12.1 Å². The summed E-state index contributed by atoms with van der Waals surface area (Å²) in [6.07, 6.45) is 3.34. The van der Waals surface area contributed by atoms with Crippen LogP contribution in [0.5, 0.6) is 0 Å². The molecule has 0 aliphatic carbocycles. The van der Waals surface area contributed by atoms with Crippen molar-refractivity contribution >= 4 is 24.3 Å². The maximum absolute atomic E-state index is 12.0. The van der Waals surface area contributed by atoms with Crippen LogP contribution in [-0.4, -0.2) is 41.9 Å². The molecule has 0 radical (unpaired) electrons. The van der Waals surface area contributed by atoms with Crippen LogP contribution in [0.3, 0.4) is 0 Å². The van der Waals surface area contributed by atoms with Gasteiger partial charge in [-0.15, -0.1) is 12.4 Å². The Hall–Kier alpha value is -1.60. The fraction of sp³-hybridized carbons (Fsp3) is 0.545. The lowest BCUT2D eigenvalue weighted by molar-refractivity contribution is -0.144. The van der Waals surface area contributed by atoms with Gasteiger partial charge in [0.15, 0.2) is 0 Å². The number of carbonyl (C=O) groups excluding carboxylic acids is 2. The minimum atomic E-state index is -0.685. The summed E-state index contributed by atoms with van der Waals surface area (Å²) in [5.74, 6) is -0.784. The van der Waals surface area contributed by atoms with Gasteiger partial charge in [0.2, 0.25) is 5.91 Å². The van der Waals surface area contributed by atoms with Crippen LogP contribution in [0.25, 0.3) is 0 Å². The second-order valence-corrected chi connectivity index (χ2v) is 3.92. The van der Waals surface area contributed by atoms with Crippen LogP contribution < -0.4 is 10.6 Å². The number of ether oxygens (including phenoxy) is 1. The number of esters is 1. The highest BCUT2D eigenvalue weighted by Crippen LogP contribution is 2.11. The van der Waals surface area contributed by atoms with Crippen LogP contribution >= 0.6 is 12.4 Å². The molecular formula is C11H19ClN4O3. The van der Waals surface area contributed by atoms with Gasteiger partial charge in [-0.05, 0) is 14.0 Å². The number of aromatic nitrogens is 2. The van der Waals surface area contributed by atoms with E-state index in [0.29, 0.717) is 0 Å². The minimum absolute atomic E-state index is 0. The second kappa shape index (κ2) is 7.75. The number of carbonyl (C=O) groups is 2. The first-order valence-electron chi connectivity index (χ1n) is 5.53. The number of likely N-dealkylation sites (N-methyl/N-ethyl adjacent to an activating group) is 1. The largest absolute Gasteiger partial charge is 0.467 e. The Morgan fingerprint density at radius 2 is 2.11 bits per heavy atom. The quantitative estimate of drug-likeness (QED) is 0.733. The number of rotatable bonds is 5. The third kappa shape index (κ3) is 4.53. The van der Waals surface area contributed by atoms with Gasteiger partial charge >= 0.3 is 5.97 Å². The van der Waals surface area contributed by atoms with Crippen LogP contribution in [0.15, 0.2) is 12.4 Å². The predicted octanol–water partition coefficient (Wildman–Crippen LogP) is -0.220. The number of nitrogens with one attached hydrogen (secondary N) is 2. The molecule has 0 aliphatic heterocycles. The summed E-state index contributed by atoms with van der Waals surface area (Å²) in [7, 11) is 4.72. The van der Waals surface area contributed by atoms with Gasteiger partial charge in [-0.3, -0.25) is 9.48 Å². The number of hydrogen-bond acceptors (Lipinski definition) is 5. The van der Waals surface area contributed by atoms with E-state index in [-0.39, 0.29) is 18.3 Å². The Morgan fingerprint density at radius 3 is 2.53 bits per heavy atom. The molecule has 0 spiro atoms. The van der Waals surface area contributed by atoms with Crippen molar-refractivity contribution < 1.29 is 14.3 Å². The Balaban J connectivity index is 0.00000324. The highest BCUT2D eigenvalue weighted by atomic mass is 35.5. The molecule has 1 amide bonds. The first kappa shape index (κ1) is 17.4. The summed E-state index contributed by atoms with van der Waals surface area (Å²) < 4.78 is 6.15. The number of methoxy groups -OCH3 is 1. The molecule has 0 aliphatic rings. The third-order valence-corrected chi connectivity index (χ3v) is 2.52. The molecule has 0 bridgehead atoms. The molecule has 108 valence electrons. The lowest BCUT2D eigenvalue weighted by Crippen LogP contribution is -2.44. The van der Waals surface area contributed by atoms with E-state index in [4.69, 9.17) is 0 Å². The topological polar surface area (TPSA) is 85.2 Å². The van der Waals surface area contributed by atoms with Crippen molar-refractivity contribution in [3.05, 3.63) is 18.0 Å². The molecule has 0 aromatic carbocycles. The molecule has 1 aromatic heterocycles. The fourth-order valence-corrected chi connectivity index (χ4v) is 1.57. The first-order chi connectivity index (χ1) is 8.49. The Kier molecular flexibility index (Phi) is 7.10. The average molecular weight is 291 g/mol. The molecule has 1 aromatic rings. The lowest BCUT2D eigenvalue weighted by Gasteiger charge is -2.17. The number of halogens is 1. The summed E-state index contributed by atoms with van der Waals surface area (Å²) in [5, 5.41) is 9.46. The number of aryl methyl sites for hydroxylation is 1. The molecule has 0 fully saturated rings. The summed E-state index contributed by atoms with van der Waals surface area (Å²) in [5.41, 5.74) is 0.731. The van der Waals surface area contributed by atoms with Gasteiger partial charge in [0.05, 0.1) is 13.3 Å². The number of hydrogen-bond donors (Lipinski definition) is 2. The standard InChI is InChI=1S/C11H18N4O3.ClH/c1-7(11(17)18-4)14-10(16)9(12-2)8-5-13-15(3)6-8;/h5-7,9,12H,1-4H3,(H,14,16);1H/t7-,9?;/m1./s1. The second-order valence-electron chi connectivity index (χ2n) is 3.92. The normalized spacial score (nSPS) is 13.1. The van der Waals surface area contributed by atoms with Gasteiger partial charge in [0, 0.05) is 18.8 Å². The zero-order chi connectivity index (χ0) is 13.7. The van der Waals surface area contributed by atoms with Crippen molar-refractivity contribution in [3.8, 4) is 0 Å². The average Bonchev–Trinajstić information content (AvgIpc) is 2.75. The maximum Gasteiger partial charge on any atom is 0.328 e. The van der Waals surface area contributed by atoms with Crippen molar-refractivity contribution in [1.29, 1.82) is 0 Å². The molecule has 2 N–H and O–H groups in total. The predicted molar refractivity (Wildman–Crippen MR) is 71.9 cm³/mol. The third-order valence-electron chi connectivity index (χ3n) is 2.52. The van der Waals surface area contributed by atoms with E-state index in [1.54, 1.807) is 38.1 Å². The SMILES string of the molecule is CNC(C(=O)N[C@H](C)C(=O)OC)c1cnn(C)c1.Cl. The van der Waals surface area contributed by atoms with E-state index in [0.717, 1.165) is 5.56 Å². The summed E-state index contributed by atoms with van der Waals surface area (Å²) in [6, 6.07) is -1.24. The van der Waals surface area contributed by atoms with Crippen molar-refractivity contribution in [3.63, 3.8) is 0 Å². The Labute approximate surface area is 118 Å². The van der Waals surface area contributed by atoms with E-state index in [9.17, 15) is 9.59 Å². The summed E-state index contributed by atoms with van der Waals surface area (Å²) >= 11 is 0. The highest BCUT2D eigenvalue weighted by Gasteiger charge is 2.24. The van der Waals surface area contributed by atoms with Crippen LogP contribution in [0, 0.1) is 0 Å². The lowest BCUT2D eigenvalue weighted by atomic mass is 10.1. The molecule has 8 heteroatoms. The van der Waals surface area contributed by atoms with E-state index >= 15 is 0 Å². The van der Waals surface area contributed by atoms with Crippen LogP contribution in [0.2, 0.25) is 0 Å². The zero-order valence-corrected chi connectivity index (χ0v) is 12.2. The molecule has 1 unspecified atom stereocenters. The Morgan fingerprint density at radius 1 is 1.47 bits per heavy atom. The molecule has 7 nitrogen and oxygen atoms in total. The zero-order valence-electron chi connectivity index (χ0n) is 11.3. The molecule has 19 heavy (non-hydrogen) atoms. The van der Waals surface area contributed by atoms with Gasteiger partial charge in [0.25, 0.3) is 0 Å². The first-order valence-corrected chi connectivity index (χ1v) is 5.53. The van der Waals surface area contributed by atoms with E-state index in [1.807, 2.05) is 0 Å². The smallest absolute Gasteiger partial charge is 0.328 e. The monoisotopic (exact) mass is 290 g/mol. The van der Waals surface area contributed by atoms with Gasteiger partial charge < -0.3 is 15.4 Å². The van der Waals surface area contributed by atoms with E-state index < -0.39 is 18.1 Å². The molecule has 1 heterocycles. The van der Waals surface area contributed by atoms with Crippen molar-refractivity contribution in [2.75, 3.05) is 14.2 Å². The molecule has 1 rings (SSSR count). The van der Waals surface area contributed by atoms with Crippen LogP contribution in [0.4, 0.5) is 0 Å². The minimum Gasteiger partial charge on any atom is -0.467 e. The van der Waals surface area contributed by atoms with Crippen LogP contribution in [0.1, 0.15) is 18.5 Å². The summed E-state index contributed by atoms with van der Waals surface area (Å²) in [6.45, 7) is 1.57. The fourth-order valence-electron chi connectivity index (χ4n) is 1.57. The molecule has 0 saturated carbocycles. The van der Waals surface area contributed by atoms with E-state index in [1.165, 1.54) is 7.11 Å². The van der Waals surface area contributed by atoms with Crippen molar-refractivity contribution in [1.82, 2.24) is 20.4 Å². The number of amides is 1. The highest BCUT2D eigenvalue weighted by molar-refractivity contribution is 5.88. The van der Waals surface area contributed by atoms with Gasteiger partial charge in [-0.2, -0.15) is 5.10 Å². The number of nitrogens with zero attached hydrogens (tertiary/aromatic N) is 2. The van der Waals surface area contributed by atoms with E-state index in [2.05, 4.69) is 20.5 Å². The van der Waals surface area contributed by atoms with Crippen molar-refractivity contribution in [2.45, 2.75) is 19.0 Å². The molecular weight excluding hydrogens is 272 g/mol. The van der Waals surface area contributed by atoms with Gasteiger partial charge in [-0.25, -0.2) is 4.79 Å². The summed E-state index contributed by atoms with van der Waals surface area (Å²) in [4.78, 5) is 23.2. The van der Waals surface area contributed by atoms with Crippen LogP contribution in [-0.2, 0) is 21.4 Å². The Bertz CT molecular complexity index is 435.